The molecule has 1 heterocycles. The van der Waals surface area contributed by atoms with Gasteiger partial charge in [-0.1, -0.05) is 15.9 Å². The molecule has 0 radical (unpaired) electrons. The Hall–Kier alpha value is -0.580. The van der Waals surface area contributed by atoms with Crippen LogP contribution in [0.2, 0.25) is 0 Å². The number of ether oxygens (including phenoxy) is 2. The maximum absolute atomic E-state index is 5.57. The quantitative estimate of drug-likeness (QED) is 0.907. The third-order valence-electron chi connectivity index (χ3n) is 2.96. The molecule has 2 rings (SSSR count). The van der Waals surface area contributed by atoms with Crippen molar-refractivity contribution < 1.29 is 9.47 Å². The summed E-state index contributed by atoms with van der Waals surface area (Å²) in [5, 5.41) is 3.43. The Kier molecular flexibility index (Phi) is 4.83. The van der Waals surface area contributed by atoms with E-state index in [-0.39, 0.29) is 0 Å². The first-order valence-corrected chi connectivity index (χ1v) is 6.73. The van der Waals surface area contributed by atoms with Crippen LogP contribution in [-0.2, 0) is 11.3 Å². The SMILES string of the molecule is COc1ccc(Br)c(CNCC2CCCO2)c1. The van der Waals surface area contributed by atoms with E-state index in [9.17, 15) is 0 Å². The Morgan fingerprint density at radius 1 is 1.53 bits per heavy atom. The van der Waals surface area contributed by atoms with E-state index in [4.69, 9.17) is 9.47 Å². The Morgan fingerprint density at radius 2 is 2.41 bits per heavy atom. The van der Waals surface area contributed by atoms with Gasteiger partial charge in [-0.3, -0.25) is 0 Å². The maximum atomic E-state index is 5.57. The van der Waals surface area contributed by atoms with Crippen molar-refractivity contribution in [2.45, 2.75) is 25.5 Å². The predicted molar refractivity (Wildman–Crippen MR) is 71.4 cm³/mol. The summed E-state index contributed by atoms with van der Waals surface area (Å²) in [7, 11) is 1.69. The van der Waals surface area contributed by atoms with Crippen LogP contribution in [0.15, 0.2) is 22.7 Å². The van der Waals surface area contributed by atoms with Crippen LogP contribution in [-0.4, -0.2) is 26.4 Å². The number of hydrogen-bond acceptors (Lipinski definition) is 3. The van der Waals surface area contributed by atoms with Crippen LogP contribution in [0.5, 0.6) is 5.75 Å². The molecule has 0 aromatic heterocycles. The number of halogens is 1. The van der Waals surface area contributed by atoms with Crippen LogP contribution in [0.1, 0.15) is 18.4 Å². The molecule has 0 spiro atoms. The second-order valence-electron chi connectivity index (χ2n) is 4.22. The fraction of sp³-hybridized carbons (Fsp3) is 0.538. The minimum atomic E-state index is 0.388. The normalized spacial score (nSPS) is 19.5. The Morgan fingerprint density at radius 3 is 3.12 bits per heavy atom. The van der Waals surface area contributed by atoms with Gasteiger partial charge >= 0.3 is 0 Å². The van der Waals surface area contributed by atoms with Crippen LogP contribution >= 0.6 is 15.9 Å². The third-order valence-corrected chi connectivity index (χ3v) is 3.74. The van der Waals surface area contributed by atoms with E-state index in [2.05, 4.69) is 21.2 Å². The summed E-state index contributed by atoms with van der Waals surface area (Å²) in [4.78, 5) is 0. The molecular formula is C13H18BrNO2. The largest absolute Gasteiger partial charge is 0.497 e. The summed E-state index contributed by atoms with van der Waals surface area (Å²) in [6.07, 6.45) is 2.75. The van der Waals surface area contributed by atoms with E-state index >= 15 is 0 Å². The van der Waals surface area contributed by atoms with Crippen LogP contribution < -0.4 is 10.1 Å². The zero-order valence-electron chi connectivity index (χ0n) is 10.0. The fourth-order valence-corrected chi connectivity index (χ4v) is 2.37. The molecule has 1 aromatic carbocycles. The van der Waals surface area contributed by atoms with Crippen LogP contribution in [0.25, 0.3) is 0 Å². The summed E-state index contributed by atoms with van der Waals surface area (Å²) in [5.74, 6) is 0.891. The average Bonchev–Trinajstić information content (AvgIpc) is 2.84. The van der Waals surface area contributed by atoms with Gasteiger partial charge < -0.3 is 14.8 Å². The number of methoxy groups -OCH3 is 1. The lowest BCUT2D eigenvalue weighted by molar-refractivity contribution is 0.110. The highest BCUT2D eigenvalue weighted by Crippen LogP contribution is 2.22. The zero-order valence-corrected chi connectivity index (χ0v) is 11.6. The lowest BCUT2D eigenvalue weighted by Gasteiger charge is -2.12. The van der Waals surface area contributed by atoms with Crippen LogP contribution in [0.4, 0.5) is 0 Å². The molecule has 0 saturated carbocycles. The molecule has 1 aliphatic rings. The van der Waals surface area contributed by atoms with Crippen molar-refractivity contribution in [2.75, 3.05) is 20.3 Å². The van der Waals surface area contributed by atoms with Gasteiger partial charge in [0.25, 0.3) is 0 Å². The van der Waals surface area contributed by atoms with Gasteiger partial charge in [-0.15, -0.1) is 0 Å². The predicted octanol–water partition coefficient (Wildman–Crippen LogP) is 2.73. The smallest absolute Gasteiger partial charge is 0.119 e. The summed E-state index contributed by atoms with van der Waals surface area (Å²) in [5.41, 5.74) is 1.21. The fourth-order valence-electron chi connectivity index (χ4n) is 1.99. The van der Waals surface area contributed by atoms with Gasteiger partial charge in [0.05, 0.1) is 13.2 Å². The number of benzene rings is 1. The van der Waals surface area contributed by atoms with Gasteiger partial charge in [0.1, 0.15) is 5.75 Å². The monoisotopic (exact) mass is 299 g/mol. The van der Waals surface area contributed by atoms with Crippen molar-refractivity contribution in [2.24, 2.45) is 0 Å². The Labute approximate surface area is 111 Å². The third kappa shape index (κ3) is 3.69. The van der Waals surface area contributed by atoms with Crippen LogP contribution in [0.3, 0.4) is 0 Å². The van der Waals surface area contributed by atoms with Gasteiger partial charge in [-0.25, -0.2) is 0 Å². The lowest BCUT2D eigenvalue weighted by Crippen LogP contribution is -2.25. The maximum Gasteiger partial charge on any atom is 0.119 e. The van der Waals surface area contributed by atoms with Crippen molar-refractivity contribution in [1.29, 1.82) is 0 Å². The van der Waals surface area contributed by atoms with E-state index in [1.807, 2.05) is 18.2 Å². The molecule has 4 heteroatoms. The van der Waals surface area contributed by atoms with E-state index in [0.29, 0.717) is 6.10 Å². The van der Waals surface area contributed by atoms with Crippen molar-refractivity contribution in [3.63, 3.8) is 0 Å². The number of hydrogen-bond donors (Lipinski definition) is 1. The number of nitrogens with one attached hydrogen (secondary N) is 1. The second kappa shape index (κ2) is 6.38. The highest BCUT2D eigenvalue weighted by Gasteiger charge is 2.14. The summed E-state index contributed by atoms with van der Waals surface area (Å²) in [6, 6.07) is 6.02. The standard InChI is InChI=1S/C13H18BrNO2/c1-16-11-4-5-13(14)10(7-11)8-15-9-12-3-2-6-17-12/h4-5,7,12,15H,2-3,6,8-9H2,1H3. The molecule has 0 aliphatic carbocycles. The highest BCUT2D eigenvalue weighted by molar-refractivity contribution is 9.10. The van der Waals surface area contributed by atoms with E-state index in [1.54, 1.807) is 7.11 Å². The van der Waals surface area contributed by atoms with E-state index in [1.165, 1.54) is 18.4 Å². The minimum Gasteiger partial charge on any atom is -0.497 e. The molecule has 1 fully saturated rings. The van der Waals surface area contributed by atoms with Gasteiger partial charge in [0.2, 0.25) is 0 Å². The molecule has 1 aromatic rings. The lowest BCUT2D eigenvalue weighted by atomic mass is 10.2. The molecule has 0 bridgehead atoms. The Bertz CT molecular complexity index is 364. The van der Waals surface area contributed by atoms with Crippen molar-refractivity contribution in [3.05, 3.63) is 28.2 Å². The van der Waals surface area contributed by atoms with Gasteiger partial charge in [0.15, 0.2) is 0 Å². The van der Waals surface area contributed by atoms with E-state index < -0.39 is 0 Å². The molecular weight excluding hydrogens is 282 g/mol. The molecule has 1 N–H and O–H groups in total. The first-order valence-electron chi connectivity index (χ1n) is 5.94. The van der Waals surface area contributed by atoms with Gasteiger partial charge in [-0.2, -0.15) is 0 Å². The molecule has 94 valence electrons. The van der Waals surface area contributed by atoms with E-state index in [0.717, 1.165) is 29.9 Å². The highest BCUT2D eigenvalue weighted by atomic mass is 79.9. The molecule has 1 atom stereocenters. The minimum absolute atomic E-state index is 0.388. The first-order chi connectivity index (χ1) is 8.29. The topological polar surface area (TPSA) is 30.5 Å². The van der Waals surface area contributed by atoms with Crippen LogP contribution in [0, 0.1) is 0 Å². The zero-order chi connectivity index (χ0) is 12.1. The van der Waals surface area contributed by atoms with Crippen molar-refractivity contribution >= 4 is 15.9 Å². The summed E-state index contributed by atoms with van der Waals surface area (Å²) >= 11 is 3.55. The summed E-state index contributed by atoms with van der Waals surface area (Å²) < 4.78 is 11.9. The molecule has 1 aliphatic heterocycles. The Balaban J connectivity index is 1.84. The first kappa shape index (κ1) is 12.9. The van der Waals surface area contributed by atoms with Gasteiger partial charge in [-0.05, 0) is 36.6 Å². The average molecular weight is 300 g/mol. The molecule has 1 saturated heterocycles. The summed E-state index contributed by atoms with van der Waals surface area (Å²) in [6.45, 7) is 2.66. The van der Waals surface area contributed by atoms with Crippen molar-refractivity contribution in [1.82, 2.24) is 5.32 Å². The molecule has 3 nitrogen and oxygen atoms in total. The second-order valence-corrected chi connectivity index (χ2v) is 5.08. The molecule has 0 amide bonds. The molecule has 1 unspecified atom stereocenters. The molecule has 17 heavy (non-hydrogen) atoms. The van der Waals surface area contributed by atoms with Crippen molar-refractivity contribution in [3.8, 4) is 5.75 Å². The van der Waals surface area contributed by atoms with Gasteiger partial charge in [0, 0.05) is 24.2 Å². The number of rotatable bonds is 5.